The first-order valence-electron chi connectivity index (χ1n) is 5.67. The molecule has 0 radical (unpaired) electrons. The third-order valence-electron chi connectivity index (χ3n) is 2.78. The van der Waals surface area contributed by atoms with Crippen molar-refractivity contribution < 1.29 is 0 Å². The van der Waals surface area contributed by atoms with Crippen molar-refractivity contribution >= 4 is 50.6 Å². The first kappa shape index (κ1) is 12.2. The number of benzene rings is 1. The summed E-state index contributed by atoms with van der Waals surface area (Å²) in [6.07, 6.45) is 0. The molecule has 0 unspecified atom stereocenters. The van der Waals surface area contributed by atoms with Crippen LogP contribution in [0.5, 0.6) is 0 Å². The summed E-state index contributed by atoms with van der Waals surface area (Å²) in [6.45, 7) is 1.96. The molecule has 3 rings (SSSR count). The fourth-order valence-corrected chi connectivity index (χ4v) is 2.73. The Morgan fingerprint density at radius 1 is 1.26 bits per heavy atom. The van der Waals surface area contributed by atoms with Gasteiger partial charge in [-0.1, -0.05) is 17.7 Å². The summed E-state index contributed by atoms with van der Waals surface area (Å²) in [5, 5.41) is 6.87. The molecule has 4 nitrogen and oxygen atoms in total. The molecule has 0 saturated heterocycles. The molecule has 0 aliphatic rings. The van der Waals surface area contributed by atoms with E-state index >= 15 is 0 Å². The van der Waals surface area contributed by atoms with Gasteiger partial charge in [-0.05, 0) is 36.1 Å². The zero-order valence-electron chi connectivity index (χ0n) is 10.1. The number of hydrogen-bond acceptors (Lipinski definition) is 5. The molecule has 0 aliphatic carbocycles. The van der Waals surface area contributed by atoms with Crippen LogP contribution in [0, 0.1) is 6.92 Å². The molecule has 3 N–H and O–H groups in total. The molecule has 6 heteroatoms. The molecular formula is C13H11ClN4S. The SMILES string of the molecule is Cc1ccc(Nc2nc(N)nc3sccc23)cc1Cl. The van der Waals surface area contributed by atoms with Gasteiger partial charge in [-0.25, -0.2) is 4.98 Å². The first-order valence-corrected chi connectivity index (χ1v) is 6.93. The van der Waals surface area contributed by atoms with Gasteiger partial charge in [0.2, 0.25) is 5.95 Å². The second-order valence-corrected chi connectivity index (χ2v) is 5.46. The third-order valence-corrected chi connectivity index (χ3v) is 3.99. The molecule has 0 aliphatic heterocycles. The van der Waals surface area contributed by atoms with Crippen molar-refractivity contribution in [3.05, 3.63) is 40.2 Å². The minimum atomic E-state index is 0.260. The van der Waals surface area contributed by atoms with Crippen LogP contribution in [0.4, 0.5) is 17.5 Å². The lowest BCUT2D eigenvalue weighted by atomic mass is 10.2. The Balaban J connectivity index is 2.04. The van der Waals surface area contributed by atoms with Crippen LogP contribution in [0.3, 0.4) is 0 Å². The van der Waals surface area contributed by atoms with E-state index in [4.69, 9.17) is 17.3 Å². The van der Waals surface area contributed by atoms with E-state index in [2.05, 4.69) is 15.3 Å². The lowest BCUT2D eigenvalue weighted by Crippen LogP contribution is -2.00. The van der Waals surface area contributed by atoms with Gasteiger partial charge >= 0.3 is 0 Å². The van der Waals surface area contributed by atoms with Crippen LogP contribution in [0.25, 0.3) is 10.2 Å². The lowest BCUT2D eigenvalue weighted by Gasteiger charge is -2.08. The number of anilines is 3. The molecule has 2 heterocycles. The van der Waals surface area contributed by atoms with Gasteiger partial charge in [0.05, 0.1) is 5.39 Å². The third kappa shape index (κ3) is 2.34. The molecule has 1 aromatic carbocycles. The second-order valence-electron chi connectivity index (χ2n) is 4.16. The Morgan fingerprint density at radius 2 is 2.11 bits per heavy atom. The monoisotopic (exact) mass is 290 g/mol. The number of nitrogens with two attached hydrogens (primary N) is 1. The lowest BCUT2D eigenvalue weighted by molar-refractivity contribution is 1.24. The minimum absolute atomic E-state index is 0.260. The Kier molecular flexibility index (Phi) is 3.00. The summed E-state index contributed by atoms with van der Waals surface area (Å²) >= 11 is 7.65. The maximum atomic E-state index is 6.11. The summed E-state index contributed by atoms with van der Waals surface area (Å²) in [4.78, 5) is 9.30. The van der Waals surface area contributed by atoms with E-state index in [1.165, 1.54) is 11.3 Å². The van der Waals surface area contributed by atoms with E-state index in [-0.39, 0.29) is 5.95 Å². The van der Waals surface area contributed by atoms with Gasteiger partial charge in [-0.3, -0.25) is 0 Å². The highest BCUT2D eigenvalue weighted by atomic mass is 35.5. The van der Waals surface area contributed by atoms with Crippen molar-refractivity contribution in [2.75, 3.05) is 11.1 Å². The smallest absolute Gasteiger partial charge is 0.223 e. The highest BCUT2D eigenvalue weighted by Crippen LogP contribution is 2.29. The van der Waals surface area contributed by atoms with Gasteiger partial charge in [-0.15, -0.1) is 11.3 Å². The molecule has 0 amide bonds. The van der Waals surface area contributed by atoms with Crippen LogP contribution in [-0.2, 0) is 0 Å². The van der Waals surface area contributed by atoms with Gasteiger partial charge in [0.1, 0.15) is 10.6 Å². The van der Waals surface area contributed by atoms with E-state index in [0.717, 1.165) is 21.5 Å². The number of rotatable bonds is 2. The molecule has 2 aromatic heterocycles. The zero-order chi connectivity index (χ0) is 13.4. The van der Waals surface area contributed by atoms with Gasteiger partial charge in [0.25, 0.3) is 0 Å². The van der Waals surface area contributed by atoms with Crippen molar-refractivity contribution in [2.24, 2.45) is 0 Å². The van der Waals surface area contributed by atoms with Crippen molar-refractivity contribution in [3.63, 3.8) is 0 Å². The Morgan fingerprint density at radius 3 is 2.89 bits per heavy atom. The summed E-state index contributed by atoms with van der Waals surface area (Å²) in [5.41, 5.74) is 7.62. The van der Waals surface area contributed by atoms with Crippen molar-refractivity contribution in [1.82, 2.24) is 9.97 Å². The number of thiophene rings is 1. The molecule has 0 spiro atoms. The zero-order valence-corrected chi connectivity index (χ0v) is 11.7. The van der Waals surface area contributed by atoms with Crippen molar-refractivity contribution in [3.8, 4) is 0 Å². The predicted molar refractivity (Wildman–Crippen MR) is 81.3 cm³/mol. The summed E-state index contributed by atoms with van der Waals surface area (Å²) in [6, 6.07) is 7.75. The molecule has 0 fully saturated rings. The number of hydrogen-bond donors (Lipinski definition) is 2. The van der Waals surface area contributed by atoms with E-state index in [0.29, 0.717) is 10.8 Å². The Hall–Kier alpha value is -1.85. The van der Waals surface area contributed by atoms with E-state index in [1.807, 2.05) is 36.6 Å². The molecule has 3 aromatic rings. The Bertz CT molecular complexity index is 753. The van der Waals surface area contributed by atoms with Gasteiger partial charge in [0, 0.05) is 10.7 Å². The largest absolute Gasteiger partial charge is 0.368 e. The number of nitrogens with one attached hydrogen (secondary N) is 1. The second kappa shape index (κ2) is 4.68. The predicted octanol–water partition coefficient (Wildman–Crippen LogP) is 3.98. The standard InChI is InChI=1S/C13H11ClN4S/c1-7-2-3-8(6-10(7)14)16-11-9-4-5-19-12(9)18-13(15)17-11/h2-6H,1H3,(H3,15,16,17,18). The maximum absolute atomic E-state index is 6.11. The van der Waals surface area contributed by atoms with E-state index in [9.17, 15) is 0 Å². The average molecular weight is 291 g/mol. The Labute approximate surface area is 119 Å². The average Bonchev–Trinajstić information content (AvgIpc) is 2.82. The molecule has 0 saturated carbocycles. The number of halogens is 1. The van der Waals surface area contributed by atoms with Crippen LogP contribution in [-0.4, -0.2) is 9.97 Å². The van der Waals surface area contributed by atoms with E-state index < -0.39 is 0 Å². The number of fused-ring (bicyclic) bond motifs is 1. The molecule has 0 atom stereocenters. The minimum Gasteiger partial charge on any atom is -0.368 e. The van der Waals surface area contributed by atoms with Crippen molar-refractivity contribution in [2.45, 2.75) is 6.92 Å². The molecular weight excluding hydrogens is 280 g/mol. The maximum Gasteiger partial charge on any atom is 0.223 e. The van der Waals surface area contributed by atoms with Gasteiger partial charge < -0.3 is 11.1 Å². The fourth-order valence-electron chi connectivity index (χ4n) is 1.77. The fraction of sp³-hybridized carbons (Fsp3) is 0.0769. The highest BCUT2D eigenvalue weighted by Gasteiger charge is 2.08. The van der Waals surface area contributed by atoms with Crippen molar-refractivity contribution in [1.29, 1.82) is 0 Å². The van der Waals surface area contributed by atoms with Crippen LogP contribution < -0.4 is 11.1 Å². The molecule has 0 bridgehead atoms. The van der Waals surface area contributed by atoms with Crippen LogP contribution in [0.15, 0.2) is 29.6 Å². The molecule has 96 valence electrons. The van der Waals surface area contributed by atoms with Gasteiger partial charge in [-0.2, -0.15) is 4.98 Å². The number of aromatic nitrogens is 2. The number of nitrogens with zero attached hydrogens (tertiary/aromatic N) is 2. The van der Waals surface area contributed by atoms with Crippen LogP contribution in [0.2, 0.25) is 5.02 Å². The quantitative estimate of drug-likeness (QED) is 0.749. The topological polar surface area (TPSA) is 63.8 Å². The summed E-state index contributed by atoms with van der Waals surface area (Å²) in [7, 11) is 0. The van der Waals surface area contributed by atoms with E-state index in [1.54, 1.807) is 0 Å². The van der Waals surface area contributed by atoms with Crippen LogP contribution >= 0.6 is 22.9 Å². The summed E-state index contributed by atoms with van der Waals surface area (Å²) in [5.74, 6) is 0.958. The number of aryl methyl sites for hydroxylation is 1. The summed E-state index contributed by atoms with van der Waals surface area (Å²) < 4.78 is 0. The normalized spacial score (nSPS) is 10.8. The molecule has 19 heavy (non-hydrogen) atoms. The first-order chi connectivity index (χ1) is 9.13. The number of nitrogen functional groups attached to an aromatic ring is 1. The van der Waals surface area contributed by atoms with Gasteiger partial charge in [0.15, 0.2) is 0 Å². The van der Waals surface area contributed by atoms with Crippen LogP contribution in [0.1, 0.15) is 5.56 Å². The highest BCUT2D eigenvalue weighted by molar-refractivity contribution is 7.16.